The van der Waals surface area contributed by atoms with Crippen molar-refractivity contribution >= 4 is 33.4 Å². The molecule has 4 rings (SSSR count). The molecule has 1 aliphatic heterocycles. The fourth-order valence-electron chi connectivity index (χ4n) is 5.27. The van der Waals surface area contributed by atoms with Crippen molar-refractivity contribution in [2.45, 2.75) is 58.5 Å². The highest BCUT2D eigenvalue weighted by Crippen LogP contribution is 2.38. The Balaban J connectivity index is 1.80. The maximum Gasteiger partial charge on any atom is 0.281 e. The molecule has 1 saturated heterocycles. The predicted octanol–water partition coefficient (Wildman–Crippen LogP) is 4.02. The van der Waals surface area contributed by atoms with Crippen molar-refractivity contribution < 1.29 is 13.2 Å². The Hall–Kier alpha value is -3.73. The third-order valence-corrected chi connectivity index (χ3v) is 8.25. The highest BCUT2D eigenvalue weighted by molar-refractivity contribution is 7.90. The first kappa shape index (κ1) is 28.3. The molecule has 1 atom stereocenters. The van der Waals surface area contributed by atoms with Crippen LogP contribution in [0.25, 0.3) is 11.3 Å². The lowest BCUT2D eigenvalue weighted by Crippen LogP contribution is -2.41. The quantitative estimate of drug-likeness (QED) is 0.426. The number of anilines is 3. The van der Waals surface area contributed by atoms with Gasteiger partial charge in [0.1, 0.15) is 17.5 Å². The number of carbonyl (C=O) groups excluding carboxylic acids is 1. The zero-order valence-electron chi connectivity index (χ0n) is 23.4. The second-order valence-electron chi connectivity index (χ2n) is 10.7. The maximum atomic E-state index is 13.5. The minimum absolute atomic E-state index is 0.0431. The van der Waals surface area contributed by atoms with Crippen LogP contribution in [0.1, 0.15) is 57.1 Å². The van der Waals surface area contributed by atoms with Gasteiger partial charge in [-0.25, -0.2) is 19.7 Å². The van der Waals surface area contributed by atoms with Gasteiger partial charge in [-0.05, 0) is 83.4 Å². The molecule has 0 saturated carbocycles. The van der Waals surface area contributed by atoms with Crippen LogP contribution in [-0.4, -0.2) is 54.5 Å². The highest BCUT2D eigenvalue weighted by atomic mass is 32.2. The van der Waals surface area contributed by atoms with Crippen LogP contribution in [-0.2, 0) is 10.0 Å². The van der Waals surface area contributed by atoms with Crippen molar-refractivity contribution in [3.63, 3.8) is 0 Å². The van der Waals surface area contributed by atoms with Crippen molar-refractivity contribution in [1.82, 2.24) is 19.7 Å². The lowest BCUT2D eigenvalue weighted by atomic mass is 9.97. The summed E-state index contributed by atoms with van der Waals surface area (Å²) in [7, 11) is -4.25. The average Bonchev–Trinajstić information content (AvgIpc) is 3.15. The molecule has 4 heterocycles. The molecule has 3 aromatic heterocycles. The molecule has 1 fully saturated rings. The highest BCUT2D eigenvalue weighted by Gasteiger charge is 2.39. The molecular formula is C28H37N7O3S. The van der Waals surface area contributed by atoms with E-state index in [4.69, 9.17) is 15.7 Å². The molecule has 39 heavy (non-hydrogen) atoms. The number of sulfonamides is 1. The molecule has 1 amide bonds. The van der Waals surface area contributed by atoms with E-state index in [-0.39, 0.29) is 21.9 Å². The summed E-state index contributed by atoms with van der Waals surface area (Å²) in [5.74, 6) is 0.934. The number of nitrogen functional groups attached to an aromatic ring is 1. The minimum atomic E-state index is -4.25. The third-order valence-electron chi connectivity index (χ3n) is 7.02. The number of nitrogens with zero attached hydrogens (tertiary/aromatic N) is 5. The summed E-state index contributed by atoms with van der Waals surface area (Å²) < 4.78 is 28.1. The molecule has 10 nitrogen and oxygen atoms in total. The van der Waals surface area contributed by atoms with Crippen LogP contribution in [0.3, 0.4) is 0 Å². The Bertz CT molecular complexity index is 1490. The van der Waals surface area contributed by atoms with Gasteiger partial charge in [-0.15, -0.1) is 0 Å². The molecule has 0 aliphatic carbocycles. The first-order chi connectivity index (χ1) is 18.3. The molecule has 3 N–H and O–H groups in total. The standard InChI is InChI=1S/C28H37N7O3S/c1-7-34(8-2)24-15-20(14-19(4)30-24)22-13-12-21(26(31-22)35-17-18(3)16-28(35,5)6)27(36)33-39(37,38)25-11-9-10-23(29)32-25/h9-15,18H,7-8,16-17H2,1-6H3,(H2,29,32)(H,33,36)/t18-/m0/s1. The summed E-state index contributed by atoms with van der Waals surface area (Å²) in [5, 5.41) is -0.326. The predicted molar refractivity (Wildman–Crippen MR) is 154 cm³/mol. The van der Waals surface area contributed by atoms with Crippen LogP contribution in [0.4, 0.5) is 17.5 Å². The zero-order chi connectivity index (χ0) is 28.5. The van der Waals surface area contributed by atoms with Gasteiger partial charge in [0.05, 0.1) is 11.3 Å². The Morgan fingerprint density at radius 1 is 1.13 bits per heavy atom. The summed E-state index contributed by atoms with van der Waals surface area (Å²) in [4.78, 5) is 31.3. The topological polar surface area (TPSA) is 134 Å². The molecule has 0 aromatic carbocycles. The summed E-state index contributed by atoms with van der Waals surface area (Å²) in [6, 6.07) is 11.6. The van der Waals surface area contributed by atoms with E-state index < -0.39 is 15.9 Å². The van der Waals surface area contributed by atoms with Gasteiger partial charge in [-0.2, -0.15) is 8.42 Å². The average molecular weight is 552 g/mol. The Morgan fingerprint density at radius 3 is 2.46 bits per heavy atom. The molecule has 0 unspecified atom stereocenters. The third kappa shape index (κ3) is 5.98. The SMILES string of the molecule is CCN(CC)c1cc(-c2ccc(C(=O)NS(=O)(=O)c3cccc(N)n3)c(N3C[C@@H](C)CC3(C)C)n2)cc(C)n1. The fraction of sp³-hybridized carbons (Fsp3) is 0.429. The molecule has 0 bridgehead atoms. The number of rotatable bonds is 8. The van der Waals surface area contributed by atoms with Crippen molar-refractivity contribution in [3.05, 3.63) is 53.7 Å². The van der Waals surface area contributed by atoms with Crippen LogP contribution >= 0.6 is 0 Å². The van der Waals surface area contributed by atoms with Gasteiger partial charge in [0.25, 0.3) is 15.9 Å². The Labute approximate surface area is 230 Å². The zero-order valence-corrected chi connectivity index (χ0v) is 24.2. The number of nitrogens with one attached hydrogen (secondary N) is 1. The number of amides is 1. The van der Waals surface area contributed by atoms with E-state index in [0.717, 1.165) is 36.6 Å². The molecule has 0 spiro atoms. The summed E-state index contributed by atoms with van der Waals surface area (Å²) in [6.07, 6.45) is 0.909. The van der Waals surface area contributed by atoms with E-state index in [1.165, 1.54) is 18.2 Å². The first-order valence-electron chi connectivity index (χ1n) is 13.2. The number of hydrogen-bond donors (Lipinski definition) is 2. The maximum absolute atomic E-state index is 13.5. The fourth-order valence-corrected chi connectivity index (χ4v) is 6.21. The first-order valence-corrected chi connectivity index (χ1v) is 14.6. The monoisotopic (exact) mass is 551 g/mol. The van der Waals surface area contributed by atoms with Gasteiger partial charge in [0.2, 0.25) is 0 Å². The van der Waals surface area contributed by atoms with Crippen LogP contribution in [0.2, 0.25) is 0 Å². The van der Waals surface area contributed by atoms with Gasteiger partial charge < -0.3 is 15.5 Å². The van der Waals surface area contributed by atoms with Crippen LogP contribution in [0, 0.1) is 12.8 Å². The lowest BCUT2D eigenvalue weighted by Gasteiger charge is -2.34. The smallest absolute Gasteiger partial charge is 0.281 e. The second-order valence-corrected chi connectivity index (χ2v) is 12.3. The largest absolute Gasteiger partial charge is 0.384 e. The number of pyridine rings is 3. The molecule has 0 radical (unpaired) electrons. The molecular weight excluding hydrogens is 514 g/mol. The normalized spacial score (nSPS) is 16.8. The number of nitrogens with two attached hydrogens (primary N) is 1. The molecule has 11 heteroatoms. The van der Waals surface area contributed by atoms with E-state index >= 15 is 0 Å². The summed E-state index contributed by atoms with van der Waals surface area (Å²) in [6.45, 7) is 14.8. The molecule has 1 aliphatic rings. The van der Waals surface area contributed by atoms with Gasteiger partial charge in [-0.3, -0.25) is 4.79 Å². The van der Waals surface area contributed by atoms with Gasteiger partial charge in [0, 0.05) is 36.4 Å². The number of hydrogen-bond acceptors (Lipinski definition) is 9. The van der Waals surface area contributed by atoms with E-state index in [1.54, 1.807) is 12.1 Å². The van der Waals surface area contributed by atoms with Crippen molar-refractivity contribution in [3.8, 4) is 11.3 Å². The summed E-state index contributed by atoms with van der Waals surface area (Å²) >= 11 is 0. The van der Waals surface area contributed by atoms with Gasteiger partial charge in [-0.1, -0.05) is 13.0 Å². The number of aromatic nitrogens is 3. The van der Waals surface area contributed by atoms with Crippen LogP contribution in [0.5, 0.6) is 0 Å². The van der Waals surface area contributed by atoms with E-state index in [0.29, 0.717) is 24.0 Å². The minimum Gasteiger partial charge on any atom is -0.384 e. The van der Waals surface area contributed by atoms with Gasteiger partial charge >= 0.3 is 0 Å². The molecule has 3 aromatic rings. The van der Waals surface area contributed by atoms with E-state index in [1.807, 2.05) is 19.1 Å². The number of aryl methyl sites for hydroxylation is 1. The van der Waals surface area contributed by atoms with Crippen molar-refractivity contribution in [2.75, 3.05) is 35.2 Å². The van der Waals surface area contributed by atoms with Crippen molar-refractivity contribution in [1.29, 1.82) is 0 Å². The lowest BCUT2D eigenvalue weighted by molar-refractivity contribution is 0.0981. The van der Waals surface area contributed by atoms with Crippen molar-refractivity contribution in [2.24, 2.45) is 5.92 Å². The number of carbonyl (C=O) groups is 1. The summed E-state index contributed by atoms with van der Waals surface area (Å²) in [5.41, 5.74) is 7.96. The van der Waals surface area contributed by atoms with E-state index in [9.17, 15) is 13.2 Å². The Kier molecular flexibility index (Phi) is 7.83. The Morgan fingerprint density at radius 2 is 1.85 bits per heavy atom. The molecule has 208 valence electrons. The van der Waals surface area contributed by atoms with E-state index in [2.05, 4.69) is 54.1 Å². The van der Waals surface area contributed by atoms with Crippen LogP contribution in [0.15, 0.2) is 47.5 Å². The van der Waals surface area contributed by atoms with Gasteiger partial charge in [0.15, 0.2) is 5.03 Å². The van der Waals surface area contributed by atoms with Crippen LogP contribution < -0.4 is 20.3 Å². The second kappa shape index (κ2) is 10.8.